The SMILES string of the molecule is CCOC(=O)C[C@@H](C)CC(=O)c1ccccc1. The number of Topliss-reactive ketones (excluding diaryl/α,β-unsaturated/α-hetero) is 1. The van der Waals surface area contributed by atoms with Gasteiger partial charge in [0.2, 0.25) is 0 Å². The molecule has 3 heteroatoms. The number of esters is 1. The lowest BCUT2D eigenvalue weighted by atomic mass is 9.97. The second-order valence-corrected chi connectivity index (χ2v) is 4.11. The maximum atomic E-state index is 11.8. The average Bonchev–Trinajstić information content (AvgIpc) is 2.30. The fourth-order valence-corrected chi connectivity index (χ4v) is 1.63. The van der Waals surface area contributed by atoms with Crippen LogP contribution in [0.5, 0.6) is 0 Å². The molecule has 0 heterocycles. The minimum atomic E-state index is -0.235. The van der Waals surface area contributed by atoms with E-state index in [0.29, 0.717) is 25.0 Å². The van der Waals surface area contributed by atoms with E-state index in [-0.39, 0.29) is 17.7 Å². The maximum Gasteiger partial charge on any atom is 0.306 e. The molecule has 1 aromatic rings. The molecule has 1 rings (SSSR count). The van der Waals surface area contributed by atoms with Crippen molar-refractivity contribution in [3.63, 3.8) is 0 Å². The van der Waals surface area contributed by atoms with E-state index >= 15 is 0 Å². The van der Waals surface area contributed by atoms with Crippen LogP contribution in [-0.2, 0) is 9.53 Å². The molecule has 0 aliphatic rings. The summed E-state index contributed by atoms with van der Waals surface area (Å²) < 4.78 is 4.85. The van der Waals surface area contributed by atoms with Gasteiger partial charge < -0.3 is 4.74 Å². The predicted molar refractivity (Wildman–Crippen MR) is 65.8 cm³/mol. The van der Waals surface area contributed by atoms with Crippen molar-refractivity contribution in [1.29, 1.82) is 0 Å². The predicted octanol–water partition coefficient (Wildman–Crippen LogP) is 2.85. The molecule has 1 atom stereocenters. The molecule has 0 radical (unpaired) electrons. The lowest BCUT2D eigenvalue weighted by Gasteiger charge is -2.09. The van der Waals surface area contributed by atoms with Crippen LogP contribution in [0.15, 0.2) is 30.3 Å². The highest BCUT2D eigenvalue weighted by atomic mass is 16.5. The first kappa shape index (κ1) is 13.4. The number of benzene rings is 1. The number of hydrogen-bond donors (Lipinski definition) is 0. The molecule has 0 fully saturated rings. The standard InChI is InChI=1S/C14H18O3/c1-3-17-14(16)10-11(2)9-13(15)12-7-5-4-6-8-12/h4-8,11H,3,9-10H2,1-2H3/t11-/m0/s1. The topological polar surface area (TPSA) is 43.4 Å². The van der Waals surface area contributed by atoms with Crippen molar-refractivity contribution in [2.24, 2.45) is 5.92 Å². The molecule has 0 saturated carbocycles. The summed E-state index contributed by atoms with van der Waals surface area (Å²) in [6.45, 7) is 4.05. The van der Waals surface area contributed by atoms with Crippen molar-refractivity contribution >= 4 is 11.8 Å². The first-order valence-corrected chi connectivity index (χ1v) is 5.87. The maximum absolute atomic E-state index is 11.8. The summed E-state index contributed by atoms with van der Waals surface area (Å²) in [7, 11) is 0. The van der Waals surface area contributed by atoms with E-state index in [0.717, 1.165) is 0 Å². The van der Waals surface area contributed by atoms with Crippen molar-refractivity contribution in [2.45, 2.75) is 26.7 Å². The van der Waals surface area contributed by atoms with Gasteiger partial charge in [-0.1, -0.05) is 37.3 Å². The Morgan fingerprint density at radius 1 is 1.18 bits per heavy atom. The van der Waals surface area contributed by atoms with E-state index in [1.54, 1.807) is 19.1 Å². The third-order valence-electron chi connectivity index (χ3n) is 2.45. The summed E-state index contributed by atoms with van der Waals surface area (Å²) in [4.78, 5) is 23.1. The van der Waals surface area contributed by atoms with Crippen molar-refractivity contribution < 1.29 is 14.3 Å². The highest BCUT2D eigenvalue weighted by Gasteiger charge is 2.14. The molecule has 0 aromatic heterocycles. The normalized spacial score (nSPS) is 11.9. The lowest BCUT2D eigenvalue weighted by molar-refractivity contribution is -0.144. The van der Waals surface area contributed by atoms with Crippen LogP contribution in [0.3, 0.4) is 0 Å². The van der Waals surface area contributed by atoms with E-state index in [1.165, 1.54) is 0 Å². The van der Waals surface area contributed by atoms with Crippen molar-refractivity contribution in [1.82, 2.24) is 0 Å². The van der Waals surface area contributed by atoms with Gasteiger partial charge in [0.05, 0.1) is 6.61 Å². The molecular formula is C14H18O3. The van der Waals surface area contributed by atoms with E-state index in [4.69, 9.17) is 4.74 Å². The number of rotatable bonds is 6. The van der Waals surface area contributed by atoms with Crippen LogP contribution in [0.25, 0.3) is 0 Å². The van der Waals surface area contributed by atoms with Gasteiger partial charge in [-0.05, 0) is 12.8 Å². The van der Waals surface area contributed by atoms with Crippen LogP contribution in [0.4, 0.5) is 0 Å². The smallest absolute Gasteiger partial charge is 0.306 e. The first-order chi connectivity index (χ1) is 8.13. The summed E-state index contributed by atoms with van der Waals surface area (Å²) in [5.74, 6) is -0.148. The van der Waals surface area contributed by atoms with E-state index in [1.807, 2.05) is 25.1 Å². The van der Waals surface area contributed by atoms with E-state index in [2.05, 4.69) is 0 Å². The average molecular weight is 234 g/mol. The number of carbonyl (C=O) groups is 2. The first-order valence-electron chi connectivity index (χ1n) is 5.87. The van der Waals surface area contributed by atoms with Crippen LogP contribution >= 0.6 is 0 Å². The second kappa shape index (κ2) is 6.84. The number of carbonyl (C=O) groups excluding carboxylic acids is 2. The fourth-order valence-electron chi connectivity index (χ4n) is 1.63. The lowest BCUT2D eigenvalue weighted by Crippen LogP contribution is -2.13. The molecular weight excluding hydrogens is 216 g/mol. The molecule has 17 heavy (non-hydrogen) atoms. The summed E-state index contributed by atoms with van der Waals surface area (Å²) in [6.07, 6.45) is 0.676. The Hall–Kier alpha value is -1.64. The van der Waals surface area contributed by atoms with E-state index < -0.39 is 0 Å². The summed E-state index contributed by atoms with van der Waals surface area (Å²) in [5.41, 5.74) is 0.697. The molecule has 3 nitrogen and oxygen atoms in total. The molecule has 0 aliphatic carbocycles. The highest BCUT2D eigenvalue weighted by molar-refractivity contribution is 5.96. The van der Waals surface area contributed by atoms with Gasteiger partial charge in [0, 0.05) is 18.4 Å². The van der Waals surface area contributed by atoms with Gasteiger partial charge in [-0.2, -0.15) is 0 Å². The Labute approximate surface area is 102 Å². The highest BCUT2D eigenvalue weighted by Crippen LogP contribution is 2.13. The zero-order chi connectivity index (χ0) is 12.7. The van der Waals surface area contributed by atoms with Gasteiger partial charge in [-0.3, -0.25) is 9.59 Å². The van der Waals surface area contributed by atoms with Crippen LogP contribution in [0, 0.1) is 5.92 Å². The Balaban J connectivity index is 2.44. The van der Waals surface area contributed by atoms with Crippen LogP contribution in [0.1, 0.15) is 37.0 Å². The molecule has 0 N–H and O–H groups in total. The van der Waals surface area contributed by atoms with Gasteiger partial charge in [0.15, 0.2) is 5.78 Å². The largest absolute Gasteiger partial charge is 0.466 e. The van der Waals surface area contributed by atoms with Gasteiger partial charge >= 0.3 is 5.97 Å². The molecule has 0 bridgehead atoms. The van der Waals surface area contributed by atoms with Crippen molar-refractivity contribution in [3.8, 4) is 0 Å². The third-order valence-corrected chi connectivity index (χ3v) is 2.45. The molecule has 0 unspecified atom stereocenters. The van der Waals surface area contributed by atoms with Crippen molar-refractivity contribution in [2.75, 3.05) is 6.61 Å². The summed E-state index contributed by atoms with van der Waals surface area (Å²) in [5, 5.41) is 0. The van der Waals surface area contributed by atoms with Crippen LogP contribution < -0.4 is 0 Å². The Bertz CT molecular complexity index is 370. The Kier molecular flexibility index (Phi) is 5.40. The zero-order valence-electron chi connectivity index (χ0n) is 10.3. The summed E-state index contributed by atoms with van der Waals surface area (Å²) in [6, 6.07) is 9.13. The molecule has 0 spiro atoms. The molecule has 0 saturated heterocycles. The second-order valence-electron chi connectivity index (χ2n) is 4.11. The van der Waals surface area contributed by atoms with Gasteiger partial charge in [0.25, 0.3) is 0 Å². The molecule has 0 amide bonds. The molecule has 0 aliphatic heterocycles. The van der Waals surface area contributed by atoms with Gasteiger partial charge in [0.1, 0.15) is 0 Å². The molecule has 92 valence electrons. The van der Waals surface area contributed by atoms with E-state index in [9.17, 15) is 9.59 Å². The minimum absolute atomic E-state index is 0.0155. The Morgan fingerprint density at radius 2 is 1.82 bits per heavy atom. The number of hydrogen-bond acceptors (Lipinski definition) is 3. The third kappa shape index (κ3) is 4.81. The van der Waals surface area contributed by atoms with Crippen LogP contribution in [-0.4, -0.2) is 18.4 Å². The minimum Gasteiger partial charge on any atom is -0.466 e. The number of ether oxygens (including phenoxy) is 1. The van der Waals surface area contributed by atoms with Crippen LogP contribution in [0.2, 0.25) is 0 Å². The van der Waals surface area contributed by atoms with Gasteiger partial charge in [-0.15, -0.1) is 0 Å². The molecule has 1 aromatic carbocycles. The number of ketones is 1. The van der Waals surface area contributed by atoms with Crippen molar-refractivity contribution in [3.05, 3.63) is 35.9 Å². The summed E-state index contributed by atoms with van der Waals surface area (Å²) >= 11 is 0. The fraction of sp³-hybridized carbons (Fsp3) is 0.429. The quantitative estimate of drug-likeness (QED) is 0.561. The zero-order valence-corrected chi connectivity index (χ0v) is 10.3. The van der Waals surface area contributed by atoms with Gasteiger partial charge in [-0.25, -0.2) is 0 Å². The Morgan fingerprint density at radius 3 is 2.41 bits per heavy atom. The monoisotopic (exact) mass is 234 g/mol.